The van der Waals surface area contributed by atoms with Crippen LogP contribution in [0.3, 0.4) is 0 Å². The maximum Gasteiger partial charge on any atom is 0.410 e. The van der Waals surface area contributed by atoms with Crippen molar-refractivity contribution in [2.24, 2.45) is 0 Å². The number of hydrogen-bond acceptors (Lipinski definition) is 6. The first-order chi connectivity index (χ1) is 11.2. The highest BCUT2D eigenvalue weighted by atomic mass is 35.5. The number of rotatable bonds is 3. The van der Waals surface area contributed by atoms with Crippen molar-refractivity contribution in [2.45, 2.75) is 52.2 Å². The van der Waals surface area contributed by atoms with Crippen LogP contribution in [0.2, 0.25) is 5.15 Å². The van der Waals surface area contributed by atoms with Gasteiger partial charge < -0.3 is 20.4 Å². The van der Waals surface area contributed by atoms with Gasteiger partial charge in [-0.25, -0.2) is 14.8 Å². The Balaban J connectivity index is 1.96. The van der Waals surface area contributed by atoms with E-state index in [1.807, 2.05) is 20.8 Å². The first-order valence-corrected chi connectivity index (χ1v) is 8.35. The van der Waals surface area contributed by atoms with Crippen LogP contribution in [-0.2, 0) is 4.74 Å². The number of hydrogen-bond donors (Lipinski definition) is 2. The molecule has 0 bridgehead atoms. The van der Waals surface area contributed by atoms with Crippen molar-refractivity contribution in [1.82, 2.24) is 14.9 Å². The zero-order valence-electron chi connectivity index (χ0n) is 14.5. The van der Waals surface area contributed by atoms with Gasteiger partial charge in [-0.2, -0.15) is 0 Å². The van der Waals surface area contributed by atoms with Crippen LogP contribution in [0.25, 0.3) is 0 Å². The molecule has 2 rings (SSSR count). The van der Waals surface area contributed by atoms with Crippen LogP contribution in [0.1, 0.15) is 46.1 Å². The Kier molecular flexibility index (Phi) is 5.64. The third kappa shape index (κ3) is 4.80. The lowest BCUT2D eigenvalue weighted by Crippen LogP contribution is -2.44. The lowest BCUT2D eigenvalue weighted by atomic mass is 10.0. The molecule has 7 nitrogen and oxygen atoms in total. The average molecular weight is 354 g/mol. The number of carbonyl (C=O) groups excluding carboxylic acids is 1. The Morgan fingerprint density at radius 2 is 2.00 bits per heavy atom. The number of carbonyl (C=O) groups is 1. The van der Waals surface area contributed by atoms with Crippen LogP contribution < -0.4 is 5.32 Å². The minimum atomic E-state index is -0.486. The summed E-state index contributed by atoms with van der Waals surface area (Å²) in [4.78, 5) is 21.9. The Labute approximate surface area is 147 Å². The third-order valence-electron chi connectivity index (χ3n) is 3.66. The molecule has 0 aromatic carbocycles. The fraction of sp³-hybridized carbons (Fsp3) is 0.625. The molecule has 1 aliphatic rings. The summed E-state index contributed by atoms with van der Waals surface area (Å²) in [6.07, 6.45) is 2.66. The molecule has 1 amide bonds. The highest BCUT2D eigenvalue weighted by Crippen LogP contribution is 2.23. The first kappa shape index (κ1) is 18.4. The van der Waals surface area contributed by atoms with Crippen molar-refractivity contribution < 1.29 is 9.53 Å². The summed E-state index contributed by atoms with van der Waals surface area (Å²) < 4.78 is 5.40. The second kappa shape index (κ2) is 7.34. The largest absolute Gasteiger partial charge is 0.444 e. The number of nitrogens with one attached hydrogen (secondary N) is 2. The highest BCUT2D eigenvalue weighted by molar-refractivity contribution is 6.33. The van der Waals surface area contributed by atoms with Gasteiger partial charge in [0, 0.05) is 24.8 Å². The van der Waals surface area contributed by atoms with Crippen molar-refractivity contribution in [1.29, 1.82) is 5.41 Å². The molecule has 1 aromatic heterocycles. The second-order valence-corrected chi connectivity index (χ2v) is 7.26. The molecule has 1 aromatic rings. The van der Waals surface area contributed by atoms with E-state index < -0.39 is 5.60 Å². The van der Waals surface area contributed by atoms with Gasteiger partial charge in [0.2, 0.25) is 0 Å². The molecule has 0 unspecified atom stereocenters. The van der Waals surface area contributed by atoms with E-state index >= 15 is 0 Å². The molecule has 1 aliphatic heterocycles. The molecular formula is C16H24ClN5O2. The van der Waals surface area contributed by atoms with E-state index in [0.717, 1.165) is 12.8 Å². The number of piperidine rings is 1. The van der Waals surface area contributed by atoms with Gasteiger partial charge in [-0.3, -0.25) is 0 Å². The van der Waals surface area contributed by atoms with Crippen LogP contribution in [0.4, 0.5) is 10.6 Å². The maximum absolute atomic E-state index is 12.1. The molecule has 24 heavy (non-hydrogen) atoms. The lowest BCUT2D eigenvalue weighted by Gasteiger charge is -2.34. The van der Waals surface area contributed by atoms with Crippen LogP contribution >= 0.6 is 11.6 Å². The van der Waals surface area contributed by atoms with E-state index in [-0.39, 0.29) is 17.3 Å². The Morgan fingerprint density at radius 1 is 1.38 bits per heavy atom. The van der Waals surface area contributed by atoms with E-state index in [4.69, 9.17) is 21.7 Å². The number of ether oxygens (including phenoxy) is 1. The van der Waals surface area contributed by atoms with Gasteiger partial charge in [0.1, 0.15) is 22.9 Å². The molecule has 0 spiro atoms. The predicted octanol–water partition coefficient (Wildman–Crippen LogP) is 3.33. The molecule has 132 valence electrons. The zero-order chi connectivity index (χ0) is 17.9. The van der Waals surface area contributed by atoms with Gasteiger partial charge in [0.25, 0.3) is 0 Å². The van der Waals surface area contributed by atoms with Gasteiger partial charge >= 0.3 is 6.09 Å². The van der Waals surface area contributed by atoms with E-state index in [9.17, 15) is 4.79 Å². The molecule has 0 saturated carbocycles. The number of nitrogens with zero attached hydrogens (tertiary/aromatic N) is 3. The number of amides is 1. The molecule has 2 N–H and O–H groups in total. The molecule has 8 heteroatoms. The van der Waals surface area contributed by atoms with Crippen LogP contribution in [-0.4, -0.2) is 51.4 Å². The van der Waals surface area contributed by atoms with E-state index in [1.165, 1.54) is 6.33 Å². The number of aromatic nitrogens is 2. The third-order valence-corrected chi connectivity index (χ3v) is 3.95. The fourth-order valence-electron chi connectivity index (χ4n) is 2.53. The monoisotopic (exact) mass is 353 g/mol. The van der Waals surface area contributed by atoms with Crippen molar-refractivity contribution in [3.63, 3.8) is 0 Å². The molecular weight excluding hydrogens is 330 g/mol. The van der Waals surface area contributed by atoms with Crippen molar-refractivity contribution in [2.75, 3.05) is 18.4 Å². The standard InChI is InChI=1S/C16H24ClN5O2/c1-10(18)12-13(17)19-9-20-14(12)21-11-5-7-22(8-6-11)15(23)24-16(2,3)4/h9,11,18H,5-8H2,1-4H3,(H,19,20,21). The molecule has 2 heterocycles. The van der Waals surface area contributed by atoms with Gasteiger partial charge in [-0.1, -0.05) is 11.6 Å². The Hall–Kier alpha value is -1.89. The van der Waals surface area contributed by atoms with E-state index in [0.29, 0.717) is 30.2 Å². The normalized spacial score (nSPS) is 16.0. The first-order valence-electron chi connectivity index (χ1n) is 7.98. The smallest absolute Gasteiger partial charge is 0.410 e. The van der Waals surface area contributed by atoms with Crippen LogP contribution in [0.5, 0.6) is 0 Å². The van der Waals surface area contributed by atoms with Crippen molar-refractivity contribution in [3.05, 3.63) is 17.0 Å². The topological polar surface area (TPSA) is 91.2 Å². The molecule has 0 atom stereocenters. The van der Waals surface area contributed by atoms with Gasteiger partial charge in [0.15, 0.2) is 0 Å². The number of anilines is 1. The van der Waals surface area contributed by atoms with E-state index in [2.05, 4.69) is 15.3 Å². The predicted molar refractivity (Wildman–Crippen MR) is 94.0 cm³/mol. The fourth-order valence-corrected chi connectivity index (χ4v) is 2.81. The van der Waals surface area contributed by atoms with E-state index in [1.54, 1.807) is 11.8 Å². The summed E-state index contributed by atoms with van der Waals surface area (Å²) in [5.74, 6) is 0.568. The van der Waals surface area contributed by atoms with Crippen LogP contribution in [0, 0.1) is 5.41 Å². The molecule has 0 radical (unpaired) electrons. The molecule has 1 saturated heterocycles. The SMILES string of the molecule is CC(=N)c1c(Cl)ncnc1NC1CCN(C(=O)OC(C)(C)C)CC1. The summed E-state index contributed by atoms with van der Waals surface area (Å²) >= 11 is 6.07. The summed E-state index contributed by atoms with van der Waals surface area (Å²) in [5, 5.41) is 11.4. The number of likely N-dealkylation sites (tertiary alicyclic amines) is 1. The number of halogens is 1. The van der Waals surface area contributed by atoms with Gasteiger partial charge in [-0.05, 0) is 40.5 Å². The maximum atomic E-state index is 12.1. The van der Waals surface area contributed by atoms with Crippen molar-refractivity contribution >= 4 is 29.2 Å². The second-order valence-electron chi connectivity index (χ2n) is 6.90. The highest BCUT2D eigenvalue weighted by Gasteiger charge is 2.27. The average Bonchev–Trinajstić information content (AvgIpc) is 2.45. The minimum Gasteiger partial charge on any atom is -0.444 e. The van der Waals surface area contributed by atoms with Crippen molar-refractivity contribution in [3.8, 4) is 0 Å². The summed E-state index contributed by atoms with van der Waals surface area (Å²) in [6, 6.07) is 0.160. The van der Waals surface area contributed by atoms with Gasteiger partial charge in [0.05, 0.1) is 5.56 Å². The summed E-state index contributed by atoms with van der Waals surface area (Å²) in [5.41, 5.74) is 0.350. The zero-order valence-corrected chi connectivity index (χ0v) is 15.3. The van der Waals surface area contributed by atoms with Crippen LogP contribution in [0.15, 0.2) is 6.33 Å². The Bertz CT molecular complexity index is 621. The van der Waals surface area contributed by atoms with Gasteiger partial charge in [-0.15, -0.1) is 0 Å². The minimum absolute atomic E-state index is 0.160. The Morgan fingerprint density at radius 3 is 2.54 bits per heavy atom. The molecule has 1 fully saturated rings. The summed E-state index contributed by atoms with van der Waals surface area (Å²) in [7, 11) is 0. The lowest BCUT2D eigenvalue weighted by molar-refractivity contribution is 0.0210. The summed E-state index contributed by atoms with van der Waals surface area (Å²) in [6.45, 7) is 8.47. The quantitative estimate of drug-likeness (QED) is 0.642. The molecule has 0 aliphatic carbocycles.